The van der Waals surface area contributed by atoms with E-state index in [1.807, 2.05) is 6.07 Å². The fourth-order valence-corrected chi connectivity index (χ4v) is 4.88. The summed E-state index contributed by atoms with van der Waals surface area (Å²) in [4.78, 5) is 2.35. The number of benzene rings is 1. The van der Waals surface area contributed by atoms with E-state index in [0.29, 0.717) is 5.92 Å². The summed E-state index contributed by atoms with van der Waals surface area (Å²) in [6, 6.07) is 6.24. The zero-order valence-corrected chi connectivity index (χ0v) is 24.0. The zero-order valence-electron chi connectivity index (χ0n) is 21.0. The Hall–Kier alpha value is -0.393. The van der Waals surface area contributed by atoms with Gasteiger partial charge in [0.1, 0.15) is 5.75 Å². The molecule has 194 valence electrons. The standard InChI is InChI=1S/C23H39F3N2O2Si.2H2S/c1-17(2)14-27-21(18-9-8-10-19(13-18)29-23(24,25)26)16-28-12-11-20(15-28)30-31(6,7)22(3,4)5;;/h8-10,13,17,20-21,27H,11-12,14-16H2,1-7H3;2*1H2/t20-,21+;;/m0../s1. The van der Waals surface area contributed by atoms with Gasteiger partial charge >= 0.3 is 6.36 Å². The molecule has 33 heavy (non-hydrogen) atoms. The van der Waals surface area contributed by atoms with Crippen molar-refractivity contribution in [1.82, 2.24) is 10.2 Å². The third-order valence-corrected chi connectivity index (χ3v) is 10.7. The molecule has 2 atom stereocenters. The lowest BCUT2D eigenvalue weighted by molar-refractivity contribution is -0.274. The van der Waals surface area contributed by atoms with Gasteiger partial charge in [0.05, 0.1) is 6.10 Å². The van der Waals surface area contributed by atoms with Crippen LogP contribution in [0, 0.1) is 5.92 Å². The number of nitrogens with zero attached hydrogens (tertiary/aromatic N) is 1. The monoisotopic (exact) mass is 528 g/mol. The van der Waals surface area contributed by atoms with Gasteiger partial charge in [0.2, 0.25) is 0 Å². The van der Waals surface area contributed by atoms with Crippen molar-refractivity contribution in [2.24, 2.45) is 5.92 Å². The van der Waals surface area contributed by atoms with Gasteiger partial charge < -0.3 is 14.5 Å². The molecule has 1 aliphatic heterocycles. The van der Waals surface area contributed by atoms with Crippen LogP contribution < -0.4 is 10.1 Å². The van der Waals surface area contributed by atoms with Crippen molar-refractivity contribution < 1.29 is 22.3 Å². The largest absolute Gasteiger partial charge is 0.573 e. The Labute approximate surface area is 213 Å². The van der Waals surface area contributed by atoms with Gasteiger partial charge in [-0.25, -0.2) is 0 Å². The molecule has 0 aromatic heterocycles. The van der Waals surface area contributed by atoms with Gasteiger partial charge in [-0.1, -0.05) is 46.8 Å². The van der Waals surface area contributed by atoms with Gasteiger partial charge in [0.15, 0.2) is 8.32 Å². The highest BCUT2D eigenvalue weighted by Gasteiger charge is 2.40. The Morgan fingerprint density at radius 3 is 2.33 bits per heavy atom. The second-order valence-corrected chi connectivity index (χ2v) is 15.3. The predicted octanol–water partition coefficient (Wildman–Crippen LogP) is 6.19. The smallest absolute Gasteiger partial charge is 0.413 e. The molecule has 1 fully saturated rings. The number of halogens is 3. The summed E-state index contributed by atoms with van der Waals surface area (Å²) in [6.07, 6.45) is -3.49. The minimum absolute atomic E-state index is 0. The maximum absolute atomic E-state index is 12.7. The number of hydrogen-bond acceptors (Lipinski definition) is 4. The lowest BCUT2D eigenvalue weighted by Crippen LogP contribution is -2.44. The van der Waals surface area contributed by atoms with Crippen molar-refractivity contribution >= 4 is 35.3 Å². The van der Waals surface area contributed by atoms with Crippen LogP contribution >= 0.6 is 27.0 Å². The second kappa shape index (κ2) is 13.1. The van der Waals surface area contributed by atoms with Gasteiger partial charge in [-0.15, -0.1) is 13.2 Å². The molecule has 0 spiro atoms. The molecule has 0 unspecified atom stereocenters. The fourth-order valence-electron chi connectivity index (χ4n) is 3.50. The van der Waals surface area contributed by atoms with Crippen molar-refractivity contribution in [3.05, 3.63) is 29.8 Å². The summed E-state index contributed by atoms with van der Waals surface area (Å²) in [5, 5.41) is 3.70. The fraction of sp³-hybridized carbons (Fsp3) is 0.739. The van der Waals surface area contributed by atoms with Crippen molar-refractivity contribution in [1.29, 1.82) is 0 Å². The van der Waals surface area contributed by atoms with Gasteiger partial charge in [0.25, 0.3) is 0 Å². The third-order valence-electron chi connectivity index (χ3n) is 6.20. The van der Waals surface area contributed by atoms with Crippen LogP contribution in [0.3, 0.4) is 0 Å². The van der Waals surface area contributed by atoms with Gasteiger partial charge in [-0.05, 0) is 54.7 Å². The quantitative estimate of drug-likeness (QED) is 0.387. The van der Waals surface area contributed by atoms with E-state index in [0.717, 1.165) is 38.2 Å². The predicted molar refractivity (Wildman–Crippen MR) is 143 cm³/mol. The Bertz CT molecular complexity index is 716. The number of ether oxygens (including phenoxy) is 1. The number of hydrogen-bond donors (Lipinski definition) is 1. The van der Waals surface area contributed by atoms with E-state index in [4.69, 9.17) is 4.43 Å². The van der Waals surface area contributed by atoms with Gasteiger partial charge in [-0.3, -0.25) is 4.90 Å². The maximum atomic E-state index is 12.7. The van der Waals surface area contributed by atoms with E-state index < -0.39 is 14.7 Å². The minimum Gasteiger partial charge on any atom is -0.413 e. The van der Waals surface area contributed by atoms with Crippen molar-refractivity contribution in [2.75, 3.05) is 26.2 Å². The SMILES string of the molecule is CC(C)CN[C@H](CN1CC[C@H](O[Si](C)(C)C(C)(C)C)C1)c1cccc(OC(F)(F)F)c1.S.S. The number of likely N-dealkylation sites (tertiary alicyclic amines) is 1. The Morgan fingerprint density at radius 2 is 1.79 bits per heavy atom. The number of rotatable bonds is 9. The van der Waals surface area contributed by atoms with Crippen LogP contribution in [-0.2, 0) is 4.43 Å². The number of alkyl halides is 3. The van der Waals surface area contributed by atoms with E-state index in [-0.39, 0.29) is 49.9 Å². The normalized spacial score (nSPS) is 18.6. The Balaban J connectivity index is 0.00000512. The van der Waals surface area contributed by atoms with E-state index >= 15 is 0 Å². The lowest BCUT2D eigenvalue weighted by atomic mass is 10.0. The van der Waals surface area contributed by atoms with Crippen LogP contribution in [-0.4, -0.2) is 51.9 Å². The van der Waals surface area contributed by atoms with Crippen LogP contribution in [0.25, 0.3) is 0 Å². The topological polar surface area (TPSA) is 33.7 Å². The highest BCUT2D eigenvalue weighted by molar-refractivity contribution is 7.59. The molecule has 0 amide bonds. The molecule has 1 saturated heterocycles. The molecule has 0 radical (unpaired) electrons. The van der Waals surface area contributed by atoms with E-state index in [2.05, 4.69) is 62.7 Å². The van der Waals surface area contributed by atoms with Crippen LogP contribution in [0.2, 0.25) is 18.1 Å². The lowest BCUT2D eigenvalue weighted by Gasteiger charge is -2.38. The van der Waals surface area contributed by atoms with Crippen molar-refractivity contribution in [3.8, 4) is 5.75 Å². The first-order chi connectivity index (χ1) is 14.2. The summed E-state index contributed by atoms with van der Waals surface area (Å²) < 4.78 is 48.7. The molecule has 0 aliphatic carbocycles. The molecule has 2 rings (SSSR count). The molecule has 10 heteroatoms. The second-order valence-electron chi connectivity index (χ2n) is 10.5. The first-order valence-corrected chi connectivity index (χ1v) is 14.1. The number of nitrogens with one attached hydrogen (secondary N) is 1. The molecule has 0 bridgehead atoms. The van der Waals surface area contributed by atoms with Gasteiger partial charge in [0, 0.05) is 25.7 Å². The molecular weight excluding hydrogens is 485 g/mol. The summed E-state index contributed by atoms with van der Waals surface area (Å²) in [5.41, 5.74) is 0.802. The van der Waals surface area contributed by atoms with Crippen LogP contribution in [0.4, 0.5) is 13.2 Å². The van der Waals surface area contributed by atoms with Crippen molar-refractivity contribution in [2.45, 2.75) is 77.7 Å². The molecule has 1 N–H and O–H groups in total. The van der Waals surface area contributed by atoms with Crippen LogP contribution in [0.1, 0.15) is 52.6 Å². The van der Waals surface area contributed by atoms with Crippen LogP contribution in [0.15, 0.2) is 24.3 Å². The highest BCUT2D eigenvalue weighted by Crippen LogP contribution is 2.38. The summed E-state index contributed by atoms with van der Waals surface area (Å²) in [7, 11) is -1.83. The van der Waals surface area contributed by atoms with E-state index in [9.17, 15) is 13.2 Å². The van der Waals surface area contributed by atoms with Crippen molar-refractivity contribution in [3.63, 3.8) is 0 Å². The average molecular weight is 529 g/mol. The first kappa shape index (κ1) is 32.6. The zero-order chi connectivity index (χ0) is 23.4. The molecule has 0 saturated carbocycles. The highest BCUT2D eigenvalue weighted by atomic mass is 32.1. The summed E-state index contributed by atoms with van der Waals surface area (Å²) in [5.74, 6) is 0.257. The summed E-state index contributed by atoms with van der Waals surface area (Å²) in [6.45, 7) is 18.8. The molecular formula is C23H43F3N2O2S2Si. The van der Waals surface area contributed by atoms with E-state index in [1.165, 1.54) is 12.1 Å². The summed E-state index contributed by atoms with van der Waals surface area (Å²) >= 11 is 0. The molecule has 1 aliphatic rings. The van der Waals surface area contributed by atoms with Gasteiger partial charge in [-0.2, -0.15) is 27.0 Å². The third kappa shape index (κ3) is 10.8. The molecule has 4 nitrogen and oxygen atoms in total. The molecule has 1 heterocycles. The maximum Gasteiger partial charge on any atom is 0.573 e. The first-order valence-electron chi connectivity index (χ1n) is 11.2. The minimum atomic E-state index is -4.69. The van der Waals surface area contributed by atoms with Crippen LogP contribution in [0.5, 0.6) is 5.75 Å². The average Bonchev–Trinajstić information content (AvgIpc) is 3.02. The Kier molecular flexibility index (Phi) is 12.9. The molecule has 1 aromatic carbocycles. The van der Waals surface area contributed by atoms with E-state index in [1.54, 1.807) is 6.07 Å². The Morgan fingerprint density at radius 1 is 1.15 bits per heavy atom. The molecule has 1 aromatic rings.